The fourth-order valence-corrected chi connectivity index (χ4v) is 3.51. The van der Waals surface area contributed by atoms with Gasteiger partial charge >= 0.3 is 0 Å². The molecule has 1 atom stereocenters. The largest absolute Gasteiger partial charge is 0.493 e. The summed E-state index contributed by atoms with van der Waals surface area (Å²) < 4.78 is 8.25. The summed E-state index contributed by atoms with van der Waals surface area (Å²) in [6, 6.07) is 16.0. The van der Waals surface area contributed by atoms with Crippen LogP contribution in [0.1, 0.15) is 51.5 Å². The number of amides is 1. The number of rotatable bonds is 9. The lowest BCUT2D eigenvalue weighted by Gasteiger charge is -2.22. The van der Waals surface area contributed by atoms with Crippen molar-refractivity contribution in [3.8, 4) is 5.75 Å². The van der Waals surface area contributed by atoms with Crippen molar-refractivity contribution in [2.45, 2.75) is 53.1 Å². The third-order valence-electron chi connectivity index (χ3n) is 5.22. The first kappa shape index (κ1) is 22.6. The maximum Gasteiger partial charge on any atom is 0.225 e. The van der Waals surface area contributed by atoms with Crippen LogP contribution in [-0.4, -0.2) is 22.1 Å². The van der Waals surface area contributed by atoms with Crippen LogP contribution >= 0.6 is 0 Å². The first-order valence-electron chi connectivity index (χ1n) is 10.9. The smallest absolute Gasteiger partial charge is 0.225 e. The fourth-order valence-electron chi connectivity index (χ4n) is 3.51. The van der Waals surface area contributed by atoms with Crippen LogP contribution in [0, 0.1) is 5.41 Å². The van der Waals surface area contributed by atoms with Gasteiger partial charge in [0.15, 0.2) is 0 Å². The van der Waals surface area contributed by atoms with Crippen molar-refractivity contribution in [3.63, 3.8) is 0 Å². The monoisotopic (exact) mass is 419 g/mol. The number of benzene rings is 2. The highest BCUT2D eigenvalue weighted by Crippen LogP contribution is 2.24. The molecule has 0 radical (unpaired) electrons. The Labute approximate surface area is 185 Å². The van der Waals surface area contributed by atoms with Crippen LogP contribution in [0.25, 0.3) is 11.0 Å². The van der Waals surface area contributed by atoms with Gasteiger partial charge in [0.1, 0.15) is 11.6 Å². The van der Waals surface area contributed by atoms with E-state index >= 15 is 0 Å². The third kappa shape index (κ3) is 5.54. The second-order valence-electron chi connectivity index (χ2n) is 8.86. The van der Waals surface area contributed by atoms with Gasteiger partial charge in [-0.15, -0.1) is 6.58 Å². The molecule has 1 unspecified atom stereocenters. The van der Waals surface area contributed by atoms with E-state index in [1.54, 1.807) is 0 Å². The average Bonchev–Trinajstić information content (AvgIpc) is 3.10. The van der Waals surface area contributed by atoms with E-state index in [0.717, 1.165) is 47.6 Å². The Hall–Kier alpha value is -3.08. The number of hydrogen-bond donors (Lipinski definition) is 1. The van der Waals surface area contributed by atoms with Gasteiger partial charge in [-0.25, -0.2) is 4.98 Å². The van der Waals surface area contributed by atoms with Crippen LogP contribution in [0.4, 0.5) is 0 Å². The highest BCUT2D eigenvalue weighted by molar-refractivity contribution is 5.82. The maximum absolute atomic E-state index is 12.5. The standard InChI is InChI=1S/C26H33N3O2/c1-6-12-20-13-7-10-16-23(20)31-18-11-17-29-22-15-9-8-14-21(22)28-24(29)19(2)27-25(30)26(3,4)5/h6-10,13-16,19H,1,11-12,17-18H2,2-5H3,(H,27,30). The van der Waals surface area contributed by atoms with Crippen molar-refractivity contribution in [1.82, 2.24) is 14.9 Å². The highest BCUT2D eigenvalue weighted by Gasteiger charge is 2.25. The van der Waals surface area contributed by atoms with E-state index in [1.807, 2.05) is 70.2 Å². The lowest BCUT2D eigenvalue weighted by molar-refractivity contribution is -0.129. The van der Waals surface area contributed by atoms with E-state index in [2.05, 4.69) is 28.6 Å². The van der Waals surface area contributed by atoms with E-state index in [9.17, 15) is 4.79 Å². The quantitative estimate of drug-likeness (QED) is 0.370. The third-order valence-corrected chi connectivity index (χ3v) is 5.22. The van der Waals surface area contributed by atoms with Crippen molar-refractivity contribution in [2.75, 3.05) is 6.61 Å². The van der Waals surface area contributed by atoms with Crippen LogP contribution in [0.15, 0.2) is 61.2 Å². The summed E-state index contributed by atoms with van der Waals surface area (Å²) in [6.45, 7) is 12.9. The zero-order valence-electron chi connectivity index (χ0n) is 19.0. The molecule has 2 aromatic carbocycles. The summed E-state index contributed by atoms with van der Waals surface area (Å²) in [7, 11) is 0. The molecule has 0 fully saturated rings. The molecule has 1 amide bonds. The van der Waals surface area contributed by atoms with Crippen molar-refractivity contribution < 1.29 is 9.53 Å². The molecule has 0 aliphatic heterocycles. The van der Waals surface area contributed by atoms with E-state index in [4.69, 9.17) is 9.72 Å². The molecule has 31 heavy (non-hydrogen) atoms. The summed E-state index contributed by atoms with van der Waals surface area (Å²) in [5, 5.41) is 3.11. The summed E-state index contributed by atoms with van der Waals surface area (Å²) in [6.07, 6.45) is 3.51. The number of aryl methyl sites for hydroxylation is 1. The molecule has 0 saturated carbocycles. The highest BCUT2D eigenvalue weighted by atomic mass is 16.5. The molecule has 0 aliphatic rings. The van der Waals surface area contributed by atoms with E-state index in [-0.39, 0.29) is 11.9 Å². The van der Waals surface area contributed by atoms with Crippen molar-refractivity contribution in [1.29, 1.82) is 0 Å². The van der Waals surface area contributed by atoms with E-state index in [0.29, 0.717) is 6.61 Å². The number of carbonyl (C=O) groups is 1. The summed E-state index contributed by atoms with van der Waals surface area (Å²) in [5.41, 5.74) is 2.70. The molecule has 0 spiro atoms. The molecule has 0 bridgehead atoms. The summed E-state index contributed by atoms with van der Waals surface area (Å²) >= 11 is 0. The summed E-state index contributed by atoms with van der Waals surface area (Å²) in [5.74, 6) is 1.79. The molecule has 1 N–H and O–H groups in total. The van der Waals surface area contributed by atoms with Gasteiger partial charge in [-0.2, -0.15) is 0 Å². The second kappa shape index (κ2) is 9.82. The number of carbonyl (C=O) groups excluding carboxylic acids is 1. The number of nitrogens with zero attached hydrogens (tertiary/aromatic N) is 2. The van der Waals surface area contributed by atoms with E-state index < -0.39 is 5.41 Å². The van der Waals surface area contributed by atoms with Crippen molar-refractivity contribution >= 4 is 16.9 Å². The lowest BCUT2D eigenvalue weighted by atomic mass is 9.95. The zero-order chi connectivity index (χ0) is 22.4. The number of ether oxygens (including phenoxy) is 1. The number of hydrogen-bond acceptors (Lipinski definition) is 3. The van der Waals surface area contributed by atoms with Gasteiger partial charge in [0.25, 0.3) is 0 Å². The molecule has 3 rings (SSSR count). The van der Waals surface area contributed by atoms with Crippen molar-refractivity contribution in [2.24, 2.45) is 5.41 Å². The molecule has 1 aromatic heterocycles. The number of imidazole rings is 1. The van der Waals surface area contributed by atoms with Crippen LogP contribution in [0.3, 0.4) is 0 Å². The Kier molecular flexibility index (Phi) is 7.16. The number of nitrogens with one attached hydrogen (secondary N) is 1. The fraction of sp³-hybridized carbons (Fsp3) is 0.385. The molecular weight excluding hydrogens is 386 g/mol. The van der Waals surface area contributed by atoms with Gasteiger partial charge in [0, 0.05) is 12.0 Å². The predicted molar refractivity (Wildman–Crippen MR) is 126 cm³/mol. The minimum absolute atomic E-state index is 0.0146. The Balaban J connectivity index is 1.73. The molecule has 5 nitrogen and oxygen atoms in total. The SMILES string of the molecule is C=CCc1ccccc1OCCCn1c(C(C)NC(=O)C(C)(C)C)nc2ccccc21. The van der Waals surface area contributed by atoms with Crippen LogP contribution in [0.2, 0.25) is 0 Å². The predicted octanol–water partition coefficient (Wildman–Crippen LogP) is 5.46. The van der Waals surface area contributed by atoms with Crippen molar-refractivity contribution in [3.05, 3.63) is 72.6 Å². The van der Waals surface area contributed by atoms with Crippen LogP contribution in [-0.2, 0) is 17.8 Å². The van der Waals surface area contributed by atoms with Gasteiger partial charge in [-0.05, 0) is 43.5 Å². The number of aromatic nitrogens is 2. The zero-order valence-corrected chi connectivity index (χ0v) is 19.0. The Bertz CT molecular complexity index is 1050. The Morgan fingerprint density at radius 2 is 1.90 bits per heavy atom. The number of fused-ring (bicyclic) bond motifs is 1. The Morgan fingerprint density at radius 3 is 2.65 bits per heavy atom. The van der Waals surface area contributed by atoms with Gasteiger partial charge in [-0.3, -0.25) is 4.79 Å². The van der Waals surface area contributed by atoms with Crippen LogP contribution < -0.4 is 10.1 Å². The molecule has 0 saturated heterocycles. The lowest BCUT2D eigenvalue weighted by Crippen LogP contribution is -2.37. The molecule has 1 heterocycles. The maximum atomic E-state index is 12.5. The Morgan fingerprint density at radius 1 is 1.19 bits per heavy atom. The average molecular weight is 420 g/mol. The van der Waals surface area contributed by atoms with Gasteiger partial charge in [-0.1, -0.05) is 57.2 Å². The minimum Gasteiger partial charge on any atom is -0.493 e. The second-order valence-corrected chi connectivity index (χ2v) is 8.86. The van der Waals surface area contributed by atoms with Gasteiger partial charge in [0.05, 0.1) is 23.7 Å². The normalized spacial score (nSPS) is 12.5. The molecular formula is C26H33N3O2. The van der Waals surface area contributed by atoms with E-state index in [1.165, 1.54) is 0 Å². The molecule has 0 aliphatic carbocycles. The molecule has 5 heteroatoms. The minimum atomic E-state index is -0.447. The van der Waals surface area contributed by atoms with Gasteiger partial charge in [0.2, 0.25) is 5.91 Å². The number of para-hydroxylation sites is 3. The first-order chi connectivity index (χ1) is 14.8. The molecule has 164 valence electrons. The first-order valence-corrected chi connectivity index (χ1v) is 10.9. The number of allylic oxidation sites excluding steroid dienone is 1. The molecule has 3 aromatic rings. The van der Waals surface area contributed by atoms with Gasteiger partial charge < -0.3 is 14.6 Å². The summed E-state index contributed by atoms with van der Waals surface area (Å²) in [4.78, 5) is 17.3. The topological polar surface area (TPSA) is 56.1 Å². The van der Waals surface area contributed by atoms with Crippen LogP contribution in [0.5, 0.6) is 5.75 Å².